The van der Waals surface area contributed by atoms with Gasteiger partial charge in [-0.2, -0.15) is 0 Å². The highest BCUT2D eigenvalue weighted by molar-refractivity contribution is 5.89. The SMILES string of the molecule is O=C(O)c1cccc(N=Cc2ccc(OCC(=O)N3CCOCC3)cc2)c1. The van der Waals surface area contributed by atoms with Crippen molar-refractivity contribution in [3.8, 4) is 5.75 Å². The van der Waals surface area contributed by atoms with E-state index < -0.39 is 5.97 Å². The molecule has 0 spiro atoms. The van der Waals surface area contributed by atoms with Gasteiger partial charge in [0.15, 0.2) is 6.61 Å². The molecule has 0 atom stereocenters. The fourth-order valence-corrected chi connectivity index (χ4v) is 2.57. The van der Waals surface area contributed by atoms with E-state index in [0.29, 0.717) is 37.7 Å². The fourth-order valence-electron chi connectivity index (χ4n) is 2.57. The molecule has 1 fully saturated rings. The molecule has 1 heterocycles. The van der Waals surface area contributed by atoms with Crippen molar-refractivity contribution in [2.45, 2.75) is 0 Å². The number of nitrogens with zero attached hydrogens (tertiary/aromatic N) is 2. The molecule has 140 valence electrons. The summed E-state index contributed by atoms with van der Waals surface area (Å²) < 4.78 is 10.8. The zero-order valence-corrected chi connectivity index (χ0v) is 14.7. The largest absolute Gasteiger partial charge is 0.484 e. The number of carboxylic acid groups (broad SMARTS) is 1. The number of aromatic carboxylic acids is 1. The van der Waals surface area contributed by atoms with Gasteiger partial charge in [0.1, 0.15) is 5.75 Å². The van der Waals surface area contributed by atoms with E-state index in [1.165, 1.54) is 12.1 Å². The van der Waals surface area contributed by atoms with E-state index >= 15 is 0 Å². The van der Waals surface area contributed by atoms with Crippen molar-refractivity contribution in [3.63, 3.8) is 0 Å². The number of morpholine rings is 1. The first-order chi connectivity index (χ1) is 13.1. The molecule has 0 unspecified atom stereocenters. The van der Waals surface area contributed by atoms with Crippen LogP contribution >= 0.6 is 0 Å². The number of carbonyl (C=O) groups excluding carboxylic acids is 1. The fraction of sp³-hybridized carbons (Fsp3) is 0.250. The predicted octanol–water partition coefficient (Wildman–Crippen LogP) is 2.37. The third-order valence-electron chi connectivity index (χ3n) is 4.06. The summed E-state index contributed by atoms with van der Waals surface area (Å²) >= 11 is 0. The average Bonchev–Trinajstić information content (AvgIpc) is 2.72. The van der Waals surface area contributed by atoms with Gasteiger partial charge in [0.25, 0.3) is 5.91 Å². The van der Waals surface area contributed by atoms with Crippen LogP contribution < -0.4 is 4.74 Å². The first-order valence-electron chi connectivity index (χ1n) is 8.57. The molecular formula is C20H20N2O5. The molecule has 1 N–H and O–H groups in total. The lowest BCUT2D eigenvalue weighted by atomic mass is 10.2. The summed E-state index contributed by atoms with van der Waals surface area (Å²) in [5.74, 6) is -0.441. The van der Waals surface area contributed by atoms with Crippen LogP contribution in [0.2, 0.25) is 0 Å². The molecule has 2 aromatic carbocycles. The van der Waals surface area contributed by atoms with Gasteiger partial charge >= 0.3 is 5.97 Å². The Morgan fingerprint density at radius 1 is 1.15 bits per heavy atom. The Kier molecular flexibility index (Phi) is 6.17. The number of amides is 1. The van der Waals surface area contributed by atoms with Crippen LogP contribution in [-0.4, -0.2) is 61.0 Å². The van der Waals surface area contributed by atoms with Crippen LogP contribution in [0.4, 0.5) is 5.69 Å². The molecule has 1 saturated heterocycles. The molecule has 1 amide bonds. The summed E-state index contributed by atoms with van der Waals surface area (Å²) in [5.41, 5.74) is 1.59. The second kappa shape index (κ2) is 8.95. The van der Waals surface area contributed by atoms with Crippen LogP contribution in [0, 0.1) is 0 Å². The zero-order chi connectivity index (χ0) is 19.1. The monoisotopic (exact) mass is 368 g/mol. The van der Waals surface area contributed by atoms with E-state index in [-0.39, 0.29) is 18.1 Å². The van der Waals surface area contributed by atoms with Crippen molar-refractivity contribution < 1.29 is 24.2 Å². The molecule has 1 aliphatic heterocycles. The second-order valence-electron chi connectivity index (χ2n) is 5.96. The Hall–Kier alpha value is -3.19. The number of hydrogen-bond donors (Lipinski definition) is 1. The van der Waals surface area contributed by atoms with Gasteiger partial charge in [-0.3, -0.25) is 9.79 Å². The quantitative estimate of drug-likeness (QED) is 0.791. The highest BCUT2D eigenvalue weighted by Gasteiger charge is 2.16. The van der Waals surface area contributed by atoms with Gasteiger partial charge in [0, 0.05) is 19.3 Å². The van der Waals surface area contributed by atoms with E-state index in [1.54, 1.807) is 35.4 Å². The number of carbonyl (C=O) groups is 2. The van der Waals surface area contributed by atoms with Crippen LogP contribution in [0.1, 0.15) is 15.9 Å². The standard InChI is InChI=1S/C20H20N2O5/c23-19(22-8-10-26-11-9-22)14-27-18-6-4-15(5-7-18)13-21-17-3-1-2-16(12-17)20(24)25/h1-7,12-13H,8-11,14H2,(H,24,25). The lowest BCUT2D eigenvalue weighted by Crippen LogP contribution is -2.42. The summed E-state index contributed by atoms with van der Waals surface area (Å²) in [7, 11) is 0. The Morgan fingerprint density at radius 2 is 1.89 bits per heavy atom. The van der Waals surface area contributed by atoms with Crippen molar-refractivity contribution in [1.29, 1.82) is 0 Å². The van der Waals surface area contributed by atoms with E-state index in [1.807, 2.05) is 12.1 Å². The maximum absolute atomic E-state index is 12.1. The Morgan fingerprint density at radius 3 is 2.59 bits per heavy atom. The van der Waals surface area contributed by atoms with Crippen LogP contribution in [0.15, 0.2) is 53.5 Å². The third-order valence-corrected chi connectivity index (χ3v) is 4.06. The highest BCUT2D eigenvalue weighted by Crippen LogP contribution is 2.16. The predicted molar refractivity (Wildman–Crippen MR) is 100.0 cm³/mol. The third kappa shape index (κ3) is 5.39. The van der Waals surface area contributed by atoms with Crippen molar-refractivity contribution >= 4 is 23.8 Å². The van der Waals surface area contributed by atoms with Crippen LogP contribution in [0.25, 0.3) is 0 Å². The maximum atomic E-state index is 12.1. The normalized spacial score (nSPS) is 14.3. The van der Waals surface area contributed by atoms with E-state index in [2.05, 4.69) is 4.99 Å². The molecule has 2 aromatic rings. The molecule has 0 bridgehead atoms. The van der Waals surface area contributed by atoms with Gasteiger partial charge in [0.2, 0.25) is 0 Å². The summed E-state index contributed by atoms with van der Waals surface area (Å²) in [6, 6.07) is 13.6. The lowest BCUT2D eigenvalue weighted by Gasteiger charge is -2.26. The minimum Gasteiger partial charge on any atom is -0.484 e. The number of ether oxygens (including phenoxy) is 2. The summed E-state index contributed by atoms with van der Waals surface area (Å²) in [6.07, 6.45) is 1.64. The molecule has 1 aliphatic rings. The van der Waals surface area contributed by atoms with Gasteiger partial charge in [-0.05, 0) is 48.0 Å². The van der Waals surface area contributed by atoms with Crippen molar-refractivity contribution in [3.05, 3.63) is 59.7 Å². The van der Waals surface area contributed by atoms with E-state index in [0.717, 1.165) is 5.56 Å². The summed E-state index contributed by atoms with van der Waals surface area (Å²) in [6.45, 7) is 2.32. The molecule has 0 radical (unpaired) electrons. The molecular weight excluding hydrogens is 348 g/mol. The molecule has 3 rings (SSSR count). The maximum Gasteiger partial charge on any atom is 0.335 e. The smallest absolute Gasteiger partial charge is 0.335 e. The molecule has 0 aromatic heterocycles. The number of benzene rings is 2. The Labute approximate surface area is 156 Å². The molecule has 7 nitrogen and oxygen atoms in total. The van der Waals surface area contributed by atoms with Gasteiger partial charge < -0.3 is 19.5 Å². The van der Waals surface area contributed by atoms with Crippen LogP contribution in [0.3, 0.4) is 0 Å². The highest BCUT2D eigenvalue weighted by atomic mass is 16.5. The first-order valence-corrected chi connectivity index (χ1v) is 8.57. The molecule has 0 saturated carbocycles. The zero-order valence-electron chi connectivity index (χ0n) is 14.7. The second-order valence-corrected chi connectivity index (χ2v) is 5.96. The van der Waals surface area contributed by atoms with Crippen LogP contribution in [0.5, 0.6) is 5.75 Å². The number of hydrogen-bond acceptors (Lipinski definition) is 5. The van der Waals surface area contributed by atoms with E-state index in [4.69, 9.17) is 14.6 Å². The minimum atomic E-state index is -0.986. The van der Waals surface area contributed by atoms with Crippen molar-refractivity contribution in [1.82, 2.24) is 4.90 Å². The number of aliphatic imine (C=N–C) groups is 1. The van der Waals surface area contributed by atoms with Gasteiger partial charge in [0.05, 0.1) is 24.5 Å². The van der Waals surface area contributed by atoms with Crippen LogP contribution in [-0.2, 0) is 9.53 Å². The van der Waals surface area contributed by atoms with Gasteiger partial charge in [-0.25, -0.2) is 4.79 Å². The molecule has 27 heavy (non-hydrogen) atoms. The number of rotatable bonds is 6. The lowest BCUT2D eigenvalue weighted by molar-refractivity contribution is -0.137. The van der Waals surface area contributed by atoms with Gasteiger partial charge in [-0.1, -0.05) is 6.07 Å². The van der Waals surface area contributed by atoms with E-state index in [9.17, 15) is 9.59 Å². The topological polar surface area (TPSA) is 88.4 Å². The van der Waals surface area contributed by atoms with Crippen molar-refractivity contribution in [2.75, 3.05) is 32.9 Å². The Bertz CT molecular complexity index is 827. The summed E-state index contributed by atoms with van der Waals surface area (Å²) in [4.78, 5) is 29.0. The van der Waals surface area contributed by atoms with Crippen molar-refractivity contribution in [2.24, 2.45) is 4.99 Å². The minimum absolute atomic E-state index is 0.00455. The molecule has 0 aliphatic carbocycles. The average molecular weight is 368 g/mol. The number of carboxylic acids is 1. The molecule has 7 heteroatoms. The Balaban J connectivity index is 1.54. The summed E-state index contributed by atoms with van der Waals surface area (Å²) in [5, 5.41) is 9.00. The van der Waals surface area contributed by atoms with Gasteiger partial charge in [-0.15, -0.1) is 0 Å². The first kappa shape index (κ1) is 18.6.